The summed E-state index contributed by atoms with van der Waals surface area (Å²) in [5, 5.41) is 0. The van der Waals surface area contributed by atoms with Crippen LogP contribution in [0.25, 0.3) is 0 Å². The number of hydrogen-bond donors (Lipinski definition) is 0. The Bertz CT molecular complexity index is 555. The van der Waals surface area contributed by atoms with Gasteiger partial charge in [0, 0.05) is 18.9 Å². The first-order chi connectivity index (χ1) is 11.3. The van der Waals surface area contributed by atoms with Crippen LogP contribution in [0.4, 0.5) is 0 Å². The zero-order valence-corrected chi connectivity index (χ0v) is 14.4. The lowest BCUT2D eigenvalue weighted by molar-refractivity contribution is -0.176. The Morgan fingerprint density at radius 2 is 2.00 bits per heavy atom. The first kappa shape index (κ1) is 17.2. The second-order valence-electron chi connectivity index (χ2n) is 7.49. The monoisotopic (exact) mass is 340 g/mol. The molecule has 3 fully saturated rings. The van der Waals surface area contributed by atoms with E-state index >= 15 is 0 Å². The highest BCUT2D eigenvalue weighted by molar-refractivity contribution is 5.86. The van der Waals surface area contributed by atoms with Crippen LogP contribution in [0.1, 0.15) is 33.6 Å². The molecule has 0 aromatic heterocycles. The molecule has 0 radical (unpaired) electrons. The van der Waals surface area contributed by atoms with Crippen molar-refractivity contribution in [1.82, 2.24) is 0 Å². The molecule has 1 saturated heterocycles. The normalized spacial score (nSPS) is 36.6. The van der Waals surface area contributed by atoms with Crippen molar-refractivity contribution in [1.29, 1.82) is 0 Å². The molecule has 3 aliphatic rings. The molecule has 3 rings (SSSR count). The summed E-state index contributed by atoms with van der Waals surface area (Å²) in [6.07, 6.45) is 0.267. The van der Waals surface area contributed by atoms with Crippen molar-refractivity contribution in [3.63, 3.8) is 0 Å². The minimum Gasteiger partial charge on any atom is -0.458 e. The van der Waals surface area contributed by atoms with Gasteiger partial charge in [-0.15, -0.1) is 0 Å². The van der Waals surface area contributed by atoms with Crippen molar-refractivity contribution >= 4 is 17.9 Å². The fourth-order valence-electron chi connectivity index (χ4n) is 4.11. The van der Waals surface area contributed by atoms with E-state index in [9.17, 15) is 14.4 Å². The average molecular weight is 340 g/mol. The van der Waals surface area contributed by atoms with Crippen LogP contribution in [0.3, 0.4) is 0 Å². The van der Waals surface area contributed by atoms with E-state index in [0.29, 0.717) is 12.8 Å². The third-order valence-electron chi connectivity index (χ3n) is 5.82. The number of methoxy groups -OCH3 is 1. The number of fused-ring (bicyclic) bond motifs is 1. The van der Waals surface area contributed by atoms with Crippen molar-refractivity contribution in [3.05, 3.63) is 0 Å². The molecule has 0 spiro atoms. The standard InChI is InChI=1S/C17H24O7/c1-5-17(2,3)16(20)24-13-8-6-9-11(15(19)23-12(9)13)10(8)14(18)22-7-21-4/h8-13H,5-7H2,1-4H3. The molecule has 0 aromatic rings. The van der Waals surface area contributed by atoms with Crippen LogP contribution in [0, 0.1) is 29.1 Å². The Balaban J connectivity index is 1.79. The summed E-state index contributed by atoms with van der Waals surface area (Å²) in [4.78, 5) is 37.0. The van der Waals surface area contributed by atoms with Crippen LogP contribution in [-0.4, -0.2) is 44.0 Å². The Labute approximate surface area is 140 Å². The number of rotatable bonds is 6. The molecule has 6 unspecified atom stereocenters. The summed E-state index contributed by atoms with van der Waals surface area (Å²) in [6.45, 7) is 5.39. The van der Waals surface area contributed by atoms with Gasteiger partial charge in [0.25, 0.3) is 0 Å². The highest BCUT2D eigenvalue weighted by atomic mass is 16.7. The molecule has 1 aliphatic heterocycles. The molecule has 134 valence electrons. The van der Waals surface area contributed by atoms with Gasteiger partial charge in [0.1, 0.15) is 12.2 Å². The van der Waals surface area contributed by atoms with Crippen LogP contribution >= 0.6 is 0 Å². The molecule has 1 heterocycles. The van der Waals surface area contributed by atoms with Crippen molar-refractivity contribution in [2.45, 2.75) is 45.8 Å². The van der Waals surface area contributed by atoms with E-state index < -0.39 is 35.4 Å². The van der Waals surface area contributed by atoms with Gasteiger partial charge in [0.05, 0.1) is 17.3 Å². The Kier molecular flexibility index (Phi) is 4.32. The Morgan fingerprint density at radius 1 is 1.29 bits per heavy atom. The number of carbonyl (C=O) groups is 3. The number of hydrogen-bond acceptors (Lipinski definition) is 7. The molecule has 0 N–H and O–H groups in total. The third kappa shape index (κ3) is 2.49. The van der Waals surface area contributed by atoms with Crippen molar-refractivity contribution in [3.8, 4) is 0 Å². The van der Waals surface area contributed by atoms with Crippen molar-refractivity contribution in [2.75, 3.05) is 13.9 Å². The van der Waals surface area contributed by atoms with Gasteiger partial charge < -0.3 is 18.9 Å². The minimum absolute atomic E-state index is 0.0786. The van der Waals surface area contributed by atoms with Gasteiger partial charge >= 0.3 is 17.9 Å². The zero-order chi connectivity index (χ0) is 17.6. The maximum atomic E-state index is 12.4. The van der Waals surface area contributed by atoms with E-state index in [1.165, 1.54) is 7.11 Å². The Morgan fingerprint density at radius 3 is 2.62 bits per heavy atom. The third-order valence-corrected chi connectivity index (χ3v) is 5.82. The maximum absolute atomic E-state index is 12.4. The summed E-state index contributed by atoms with van der Waals surface area (Å²) in [6, 6.07) is 0. The van der Waals surface area contributed by atoms with Crippen LogP contribution < -0.4 is 0 Å². The van der Waals surface area contributed by atoms with Gasteiger partial charge in [0.15, 0.2) is 6.79 Å². The van der Waals surface area contributed by atoms with Gasteiger partial charge in [-0.3, -0.25) is 14.4 Å². The largest absolute Gasteiger partial charge is 0.458 e. The average Bonchev–Trinajstić information content (AvgIpc) is 3.15. The molecule has 7 heteroatoms. The summed E-state index contributed by atoms with van der Waals surface area (Å²) < 4.78 is 21.0. The van der Waals surface area contributed by atoms with E-state index in [-0.39, 0.29) is 30.6 Å². The molecular formula is C17H24O7. The molecular weight excluding hydrogens is 316 g/mol. The van der Waals surface area contributed by atoms with E-state index in [2.05, 4.69) is 0 Å². The topological polar surface area (TPSA) is 88.1 Å². The predicted octanol–water partition coefficient (Wildman–Crippen LogP) is 1.29. The van der Waals surface area contributed by atoms with Gasteiger partial charge in [-0.1, -0.05) is 6.92 Å². The SMILES string of the molecule is CCC(C)(C)C(=O)OC1C2CC3C1OC(=O)C3C2C(=O)OCOC. The second-order valence-corrected chi connectivity index (χ2v) is 7.49. The lowest BCUT2D eigenvalue weighted by atomic mass is 9.78. The first-order valence-electron chi connectivity index (χ1n) is 8.39. The molecule has 2 bridgehead atoms. The number of ether oxygens (including phenoxy) is 4. The molecule has 2 saturated carbocycles. The summed E-state index contributed by atoms with van der Waals surface area (Å²) in [7, 11) is 1.42. The molecule has 0 amide bonds. The van der Waals surface area contributed by atoms with Gasteiger partial charge in [0.2, 0.25) is 0 Å². The van der Waals surface area contributed by atoms with E-state index in [4.69, 9.17) is 18.9 Å². The highest BCUT2D eigenvalue weighted by Crippen LogP contribution is 2.59. The molecule has 6 atom stereocenters. The predicted molar refractivity (Wildman–Crippen MR) is 80.4 cm³/mol. The first-order valence-corrected chi connectivity index (χ1v) is 8.39. The fraction of sp³-hybridized carbons (Fsp3) is 0.824. The molecule has 24 heavy (non-hydrogen) atoms. The fourth-order valence-corrected chi connectivity index (χ4v) is 4.11. The molecule has 2 aliphatic carbocycles. The zero-order valence-electron chi connectivity index (χ0n) is 14.4. The quantitative estimate of drug-likeness (QED) is 0.409. The van der Waals surface area contributed by atoms with Crippen molar-refractivity contribution < 1.29 is 33.3 Å². The maximum Gasteiger partial charge on any atom is 0.312 e. The lowest BCUT2D eigenvalue weighted by Crippen LogP contribution is -2.45. The van der Waals surface area contributed by atoms with E-state index in [0.717, 1.165) is 0 Å². The van der Waals surface area contributed by atoms with Crippen LogP contribution in [-0.2, 0) is 33.3 Å². The Hall–Kier alpha value is -1.63. The van der Waals surface area contributed by atoms with Gasteiger partial charge in [-0.05, 0) is 26.7 Å². The van der Waals surface area contributed by atoms with Gasteiger partial charge in [-0.2, -0.15) is 0 Å². The highest BCUT2D eigenvalue weighted by Gasteiger charge is 2.70. The summed E-state index contributed by atoms with van der Waals surface area (Å²) >= 11 is 0. The number of carbonyl (C=O) groups excluding carboxylic acids is 3. The van der Waals surface area contributed by atoms with E-state index in [1.807, 2.05) is 20.8 Å². The summed E-state index contributed by atoms with van der Waals surface area (Å²) in [5.41, 5.74) is -0.615. The summed E-state index contributed by atoms with van der Waals surface area (Å²) in [5.74, 6) is -2.63. The van der Waals surface area contributed by atoms with E-state index in [1.54, 1.807) is 0 Å². The minimum atomic E-state index is -0.626. The number of esters is 3. The molecule has 7 nitrogen and oxygen atoms in total. The van der Waals surface area contributed by atoms with Crippen molar-refractivity contribution in [2.24, 2.45) is 29.1 Å². The van der Waals surface area contributed by atoms with Crippen LogP contribution in [0.2, 0.25) is 0 Å². The lowest BCUT2D eigenvalue weighted by Gasteiger charge is -2.32. The second kappa shape index (κ2) is 6.02. The smallest absolute Gasteiger partial charge is 0.312 e. The van der Waals surface area contributed by atoms with Crippen LogP contribution in [0.5, 0.6) is 0 Å². The van der Waals surface area contributed by atoms with Crippen LogP contribution in [0.15, 0.2) is 0 Å². The molecule has 0 aromatic carbocycles. The van der Waals surface area contributed by atoms with Gasteiger partial charge in [-0.25, -0.2) is 0 Å².